The summed E-state index contributed by atoms with van der Waals surface area (Å²) in [4.78, 5) is 0. The lowest BCUT2D eigenvalue weighted by Gasteiger charge is -2.05. The Bertz CT molecular complexity index is 768. The molecule has 0 unspecified atom stereocenters. The van der Waals surface area contributed by atoms with Crippen LogP contribution in [0.2, 0.25) is 0 Å². The van der Waals surface area contributed by atoms with Crippen molar-refractivity contribution in [3.05, 3.63) is 83.1 Å². The summed E-state index contributed by atoms with van der Waals surface area (Å²) in [5.74, 6) is 0. The van der Waals surface area contributed by atoms with Gasteiger partial charge in [0.05, 0.1) is 0 Å². The van der Waals surface area contributed by atoms with Gasteiger partial charge in [0.1, 0.15) is 0 Å². The highest BCUT2D eigenvalue weighted by molar-refractivity contribution is 5.98. The third kappa shape index (κ3) is 2.41. The van der Waals surface area contributed by atoms with Gasteiger partial charge in [-0.15, -0.1) is 0 Å². The summed E-state index contributed by atoms with van der Waals surface area (Å²) in [6, 6.07) is 21.6. The Morgan fingerprint density at radius 2 is 1.55 bits per heavy atom. The van der Waals surface area contributed by atoms with E-state index in [4.69, 9.17) is 0 Å². The maximum absolute atomic E-state index is 12.2. The molecule has 3 aromatic carbocycles. The standard InChI is InChI=1S/C18H15NO/c1-14-9-11-17(12-10-14)19(20)13-16-7-4-6-15-5-2-3-8-18(15)16/h2-13H,1H3/b19-13-. The first kappa shape index (κ1) is 12.4. The van der Waals surface area contributed by atoms with Crippen molar-refractivity contribution < 1.29 is 4.74 Å². The number of fused-ring (bicyclic) bond motifs is 1. The van der Waals surface area contributed by atoms with E-state index < -0.39 is 0 Å². The van der Waals surface area contributed by atoms with Crippen LogP contribution in [0.4, 0.5) is 5.69 Å². The quantitative estimate of drug-likeness (QED) is 0.290. The van der Waals surface area contributed by atoms with E-state index in [-0.39, 0.29) is 0 Å². The molecule has 0 spiro atoms. The first-order valence-corrected chi connectivity index (χ1v) is 6.60. The minimum absolute atomic E-state index is 0.642. The highest BCUT2D eigenvalue weighted by Crippen LogP contribution is 2.18. The number of benzene rings is 3. The molecule has 0 bridgehead atoms. The molecule has 0 atom stereocenters. The van der Waals surface area contributed by atoms with Gasteiger partial charge in [-0.1, -0.05) is 54.1 Å². The minimum atomic E-state index is 0.642. The van der Waals surface area contributed by atoms with Gasteiger partial charge in [0, 0.05) is 17.7 Å². The molecule has 0 saturated heterocycles. The van der Waals surface area contributed by atoms with Crippen LogP contribution in [0.1, 0.15) is 11.1 Å². The van der Waals surface area contributed by atoms with Crippen LogP contribution < -0.4 is 0 Å². The molecule has 3 rings (SSSR count). The Hall–Kier alpha value is -2.61. The molecule has 0 fully saturated rings. The maximum Gasteiger partial charge on any atom is 0.216 e. The second kappa shape index (κ2) is 5.17. The van der Waals surface area contributed by atoms with E-state index in [9.17, 15) is 5.21 Å². The van der Waals surface area contributed by atoms with Crippen LogP contribution >= 0.6 is 0 Å². The van der Waals surface area contributed by atoms with Gasteiger partial charge >= 0.3 is 0 Å². The molecular formula is C18H15NO. The van der Waals surface area contributed by atoms with Crippen LogP contribution in [0, 0.1) is 12.1 Å². The Morgan fingerprint density at radius 1 is 0.850 bits per heavy atom. The fourth-order valence-corrected chi connectivity index (χ4v) is 2.26. The van der Waals surface area contributed by atoms with Gasteiger partial charge in [-0.2, -0.15) is 4.74 Å². The Morgan fingerprint density at radius 3 is 2.35 bits per heavy atom. The molecule has 3 aromatic rings. The van der Waals surface area contributed by atoms with Crippen LogP contribution in [0.15, 0.2) is 66.7 Å². The summed E-state index contributed by atoms with van der Waals surface area (Å²) in [6.07, 6.45) is 1.63. The summed E-state index contributed by atoms with van der Waals surface area (Å²) in [7, 11) is 0. The van der Waals surface area contributed by atoms with E-state index in [2.05, 4.69) is 0 Å². The van der Waals surface area contributed by atoms with Crippen LogP contribution in [-0.4, -0.2) is 11.0 Å². The van der Waals surface area contributed by atoms with Crippen molar-refractivity contribution in [3.8, 4) is 0 Å². The lowest BCUT2D eigenvalue weighted by Crippen LogP contribution is -1.99. The zero-order chi connectivity index (χ0) is 13.9. The molecule has 0 N–H and O–H groups in total. The van der Waals surface area contributed by atoms with Crippen LogP contribution in [0.25, 0.3) is 10.8 Å². The lowest BCUT2D eigenvalue weighted by atomic mass is 10.1. The maximum atomic E-state index is 12.2. The van der Waals surface area contributed by atoms with Gasteiger partial charge in [-0.3, -0.25) is 0 Å². The number of nitrogens with zero attached hydrogens (tertiary/aromatic N) is 1. The minimum Gasteiger partial charge on any atom is -0.618 e. The largest absolute Gasteiger partial charge is 0.618 e. The summed E-state index contributed by atoms with van der Waals surface area (Å²) in [5, 5.41) is 14.5. The summed E-state index contributed by atoms with van der Waals surface area (Å²) < 4.78 is 0.918. The van der Waals surface area contributed by atoms with Crippen molar-refractivity contribution in [1.29, 1.82) is 0 Å². The third-order valence-electron chi connectivity index (χ3n) is 3.37. The lowest BCUT2D eigenvalue weighted by molar-refractivity contribution is -0.354. The van der Waals surface area contributed by atoms with Crippen molar-refractivity contribution in [1.82, 2.24) is 0 Å². The van der Waals surface area contributed by atoms with Gasteiger partial charge < -0.3 is 5.21 Å². The number of rotatable bonds is 2. The van der Waals surface area contributed by atoms with Crippen molar-refractivity contribution in [2.75, 3.05) is 0 Å². The Labute approximate surface area is 118 Å². The molecule has 0 aromatic heterocycles. The van der Waals surface area contributed by atoms with E-state index >= 15 is 0 Å². The van der Waals surface area contributed by atoms with Crippen LogP contribution in [-0.2, 0) is 0 Å². The molecule has 0 amide bonds. The average Bonchev–Trinajstić information content (AvgIpc) is 2.48. The van der Waals surface area contributed by atoms with Gasteiger partial charge in [0.15, 0.2) is 6.21 Å². The Balaban J connectivity index is 2.07. The van der Waals surface area contributed by atoms with E-state index in [1.54, 1.807) is 6.21 Å². The summed E-state index contributed by atoms with van der Waals surface area (Å²) >= 11 is 0. The summed E-state index contributed by atoms with van der Waals surface area (Å²) in [6.45, 7) is 2.01. The zero-order valence-electron chi connectivity index (χ0n) is 11.3. The number of hydrogen-bond acceptors (Lipinski definition) is 1. The fraction of sp³-hybridized carbons (Fsp3) is 0.0556. The molecule has 2 nitrogen and oxygen atoms in total. The second-order valence-electron chi connectivity index (χ2n) is 4.86. The highest BCUT2D eigenvalue weighted by atomic mass is 16.5. The molecule has 0 aliphatic carbocycles. The summed E-state index contributed by atoms with van der Waals surface area (Å²) in [5.41, 5.74) is 2.72. The smallest absolute Gasteiger partial charge is 0.216 e. The molecule has 0 aliphatic rings. The molecule has 0 aliphatic heterocycles. The average molecular weight is 261 g/mol. The van der Waals surface area contributed by atoms with Gasteiger partial charge in [0.25, 0.3) is 0 Å². The van der Waals surface area contributed by atoms with Crippen molar-refractivity contribution in [3.63, 3.8) is 0 Å². The highest BCUT2D eigenvalue weighted by Gasteiger charge is 2.04. The first-order chi connectivity index (χ1) is 9.74. The van der Waals surface area contributed by atoms with E-state index in [1.807, 2.05) is 73.7 Å². The molecular weight excluding hydrogens is 246 g/mol. The normalized spacial score (nSPS) is 11.8. The van der Waals surface area contributed by atoms with Gasteiger partial charge in [0.2, 0.25) is 5.69 Å². The molecule has 0 radical (unpaired) electrons. The predicted molar refractivity (Wildman–Crippen MR) is 83.6 cm³/mol. The van der Waals surface area contributed by atoms with Gasteiger partial charge in [-0.05, 0) is 23.8 Å². The predicted octanol–water partition coefficient (Wildman–Crippen LogP) is 4.41. The zero-order valence-corrected chi connectivity index (χ0v) is 11.3. The SMILES string of the molecule is Cc1ccc(/[N+]([O-])=C/c2cccc3ccccc23)cc1. The fourth-order valence-electron chi connectivity index (χ4n) is 2.26. The molecule has 0 heterocycles. The van der Waals surface area contributed by atoms with E-state index in [0.717, 1.165) is 26.6 Å². The molecule has 2 heteroatoms. The first-order valence-electron chi connectivity index (χ1n) is 6.60. The molecule has 20 heavy (non-hydrogen) atoms. The van der Waals surface area contributed by atoms with Crippen LogP contribution in [0.3, 0.4) is 0 Å². The number of hydrogen-bond donors (Lipinski definition) is 0. The topological polar surface area (TPSA) is 26.1 Å². The van der Waals surface area contributed by atoms with Gasteiger partial charge in [-0.25, -0.2) is 0 Å². The number of aryl methyl sites for hydroxylation is 1. The van der Waals surface area contributed by atoms with E-state index in [1.165, 1.54) is 0 Å². The molecule has 98 valence electrons. The van der Waals surface area contributed by atoms with Crippen molar-refractivity contribution in [2.45, 2.75) is 6.92 Å². The molecule has 0 saturated carbocycles. The Kier molecular flexibility index (Phi) is 3.21. The second-order valence-corrected chi connectivity index (χ2v) is 4.86. The van der Waals surface area contributed by atoms with E-state index in [0.29, 0.717) is 5.69 Å². The van der Waals surface area contributed by atoms with Crippen molar-refractivity contribution in [2.24, 2.45) is 0 Å². The van der Waals surface area contributed by atoms with Crippen LogP contribution in [0.5, 0.6) is 0 Å². The monoisotopic (exact) mass is 261 g/mol. The third-order valence-corrected chi connectivity index (χ3v) is 3.37. The van der Waals surface area contributed by atoms with Crippen molar-refractivity contribution >= 4 is 22.7 Å².